The van der Waals surface area contributed by atoms with Gasteiger partial charge in [0.15, 0.2) is 0 Å². The molecule has 0 N–H and O–H groups in total. The molecule has 0 saturated carbocycles. The maximum absolute atomic E-state index is 3.87. The van der Waals surface area contributed by atoms with E-state index in [0.717, 1.165) is 11.1 Å². The molecule has 2 aromatic carbocycles. The van der Waals surface area contributed by atoms with Crippen LogP contribution < -0.4 is 0 Å². The molecular formula is C26H24Cl2Zr. The van der Waals surface area contributed by atoms with Crippen LogP contribution in [0.3, 0.4) is 0 Å². The van der Waals surface area contributed by atoms with Crippen molar-refractivity contribution >= 4 is 36.0 Å². The first-order valence-corrected chi connectivity index (χ1v) is 8.68. The van der Waals surface area contributed by atoms with Gasteiger partial charge in [-0.25, -0.2) is 0 Å². The Morgan fingerprint density at radius 2 is 0.897 bits per heavy atom. The fourth-order valence-corrected chi connectivity index (χ4v) is 3.07. The summed E-state index contributed by atoms with van der Waals surface area (Å²) in [5.41, 5.74) is 9.21. The van der Waals surface area contributed by atoms with Gasteiger partial charge in [0.1, 0.15) is 0 Å². The van der Waals surface area contributed by atoms with Gasteiger partial charge in [-0.15, -0.1) is 82.6 Å². The predicted octanol–water partition coefficient (Wildman–Crippen LogP) is 7.62. The first kappa shape index (κ1) is 27.3. The van der Waals surface area contributed by atoms with Crippen LogP contribution in [-0.4, -0.2) is 0 Å². The molecule has 0 saturated heterocycles. The van der Waals surface area contributed by atoms with Gasteiger partial charge in [0, 0.05) is 0 Å². The molecule has 0 unspecified atom stereocenters. The average Bonchev–Trinajstić information content (AvgIpc) is 3.17. The number of halogens is 2. The number of rotatable bonds is 2. The minimum atomic E-state index is 0. The van der Waals surface area contributed by atoms with Gasteiger partial charge in [-0.1, -0.05) is 85.6 Å². The van der Waals surface area contributed by atoms with Crippen molar-refractivity contribution in [3.8, 4) is 0 Å². The Balaban J connectivity index is 0.000000490. The van der Waals surface area contributed by atoms with Crippen molar-refractivity contribution in [3.63, 3.8) is 0 Å². The van der Waals surface area contributed by atoms with Gasteiger partial charge in [-0.05, 0) is 0 Å². The van der Waals surface area contributed by atoms with Gasteiger partial charge in [0.2, 0.25) is 0 Å². The van der Waals surface area contributed by atoms with Crippen LogP contribution in [0.1, 0.15) is 25.0 Å². The summed E-state index contributed by atoms with van der Waals surface area (Å²) in [5.74, 6) is 0. The van der Waals surface area contributed by atoms with Crippen molar-refractivity contribution in [1.29, 1.82) is 0 Å². The molecular weight excluding hydrogens is 474 g/mol. The number of allylic oxidation sites excluding steroid dienone is 10. The molecule has 0 aliphatic heterocycles. The fourth-order valence-electron chi connectivity index (χ4n) is 3.07. The van der Waals surface area contributed by atoms with E-state index in [0.29, 0.717) is 0 Å². The zero-order valence-corrected chi connectivity index (χ0v) is 20.7. The summed E-state index contributed by atoms with van der Waals surface area (Å²) in [7, 11) is 0. The van der Waals surface area contributed by atoms with Gasteiger partial charge < -0.3 is 0 Å². The zero-order chi connectivity index (χ0) is 18.5. The Morgan fingerprint density at radius 1 is 0.586 bits per heavy atom. The van der Waals surface area contributed by atoms with Crippen molar-refractivity contribution in [1.82, 2.24) is 0 Å². The van der Waals surface area contributed by atoms with Crippen LogP contribution in [0, 0.1) is 12.2 Å². The Hall–Kier alpha value is -1.66. The summed E-state index contributed by atoms with van der Waals surface area (Å²) in [6, 6.07) is 20.6. The van der Waals surface area contributed by atoms with Gasteiger partial charge >= 0.3 is 26.2 Å². The maximum Gasteiger partial charge on any atom is 2.00 e. The van der Waals surface area contributed by atoms with Gasteiger partial charge in [0.05, 0.1) is 0 Å². The Kier molecular flexibility index (Phi) is 12.1. The van der Waals surface area contributed by atoms with Crippen LogP contribution >= 0.6 is 24.8 Å². The van der Waals surface area contributed by atoms with Crippen LogP contribution in [0.25, 0.3) is 11.1 Å². The molecule has 146 valence electrons. The second kappa shape index (κ2) is 12.8. The molecule has 0 atom stereocenters. The molecule has 2 aliphatic carbocycles. The largest absolute Gasteiger partial charge is 2.00 e. The van der Waals surface area contributed by atoms with Crippen molar-refractivity contribution in [2.45, 2.75) is 13.8 Å². The third-order valence-corrected chi connectivity index (χ3v) is 4.27. The van der Waals surface area contributed by atoms with Crippen molar-refractivity contribution in [2.24, 2.45) is 0 Å². The molecule has 0 amide bonds. The smallest absolute Gasteiger partial charge is 0.156 e. The van der Waals surface area contributed by atoms with Gasteiger partial charge in [0.25, 0.3) is 0 Å². The number of hydrogen-bond acceptors (Lipinski definition) is 0. The van der Waals surface area contributed by atoms with E-state index in [1.807, 2.05) is 36.4 Å². The quantitative estimate of drug-likeness (QED) is 0.374. The van der Waals surface area contributed by atoms with Crippen molar-refractivity contribution in [3.05, 3.63) is 132 Å². The normalized spacial score (nSPS) is 14.0. The van der Waals surface area contributed by atoms with E-state index >= 15 is 0 Å². The Bertz CT molecular complexity index is 881. The van der Waals surface area contributed by atoms with E-state index in [1.165, 1.54) is 33.4 Å². The molecule has 0 radical (unpaired) electrons. The molecule has 0 spiro atoms. The topological polar surface area (TPSA) is 0 Å². The molecule has 29 heavy (non-hydrogen) atoms. The summed E-state index contributed by atoms with van der Waals surface area (Å²) in [6.07, 6.45) is 10.6. The Labute approximate surface area is 206 Å². The molecule has 0 aromatic heterocycles. The monoisotopic (exact) mass is 496 g/mol. The summed E-state index contributed by atoms with van der Waals surface area (Å²) >= 11 is 0. The predicted molar refractivity (Wildman–Crippen MR) is 126 cm³/mol. The summed E-state index contributed by atoms with van der Waals surface area (Å²) in [6.45, 7) is 11.9. The summed E-state index contributed by atoms with van der Waals surface area (Å²) in [5, 5.41) is 0. The molecule has 0 bridgehead atoms. The SMILES string of the molecule is C=C1[C-]=C(c2ccccc2)C(C)=C1.C=C1[C-]=C(c2ccccc2)C(C)=C1.Cl.Cl.[Zr+2]. The molecule has 0 fully saturated rings. The average molecular weight is 499 g/mol. The minimum absolute atomic E-state index is 0. The number of benzene rings is 2. The summed E-state index contributed by atoms with van der Waals surface area (Å²) in [4.78, 5) is 0. The van der Waals surface area contributed by atoms with Crippen LogP contribution in [0.2, 0.25) is 0 Å². The first-order valence-electron chi connectivity index (χ1n) is 8.68. The van der Waals surface area contributed by atoms with E-state index in [-0.39, 0.29) is 51.0 Å². The third-order valence-electron chi connectivity index (χ3n) is 4.27. The molecule has 0 nitrogen and oxygen atoms in total. The number of hydrogen-bond donors (Lipinski definition) is 0. The van der Waals surface area contributed by atoms with E-state index in [4.69, 9.17) is 0 Å². The van der Waals surface area contributed by atoms with Gasteiger partial charge in [-0.2, -0.15) is 13.2 Å². The molecule has 2 aromatic rings. The Morgan fingerprint density at radius 3 is 1.14 bits per heavy atom. The molecule has 0 heterocycles. The van der Waals surface area contributed by atoms with Crippen LogP contribution in [0.5, 0.6) is 0 Å². The standard InChI is InChI=1S/2C13H11.2ClH.Zr/c2*1-10-8-11(2)13(9-10)12-6-4-3-5-7-12;;;/h2*3-8H,1H2,2H3;2*1H;/q2*-1;;;+2. The van der Waals surface area contributed by atoms with Crippen molar-refractivity contribution in [2.75, 3.05) is 0 Å². The third kappa shape index (κ3) is 7.27. The fraction of sp³-hybridized carbons (Fsp3) is 0.0769. The second-order valence-electron chi connectivity index (χ2n) is 6.44. The maximum atomic E-state index is 3.87. The molecule has 3 heteroatoms. The zero-order valence-electron chi connectivity index (χ0n) is 16.7. The van der Waals surface area contributed by atoms with E-state index in [9.17, 15) is 0 Å². The van der Waals surface area contributed by atoms with Gasteiger partial charge in [-0.3, -0.25) is 0 Å². The van der Waals surface area contributed by atoms with E-state index < -0.39 is 0 Å². The van der Waals surface area contributed by atoms with E-state index in [1.54, 1.807) is 0 Å². The van der Waals surface area contributed by atoms with Crippen LogP contribution in [-0.2, 0) is 26.2 Å². The minimum Gasteiger partial charge on any atom is -0.156 e. The molecule has 4 rings (SSSR count). The first-order chi connectivity index (χ1) is 12.5. The van der Waals surface area contributed by atoms with E-state index in [2.05, 4.69) is 75.6 Å². The van der Waals surface area contributed by atoms with Crippen molar-refractivity contribution < 1.29 is 26.2 Å². The van der Waals surface area contributed by atoms with Crippen LogP contribution in [0.4, 0.5) is 0 Å². The summed E-state index contributed by atoms with van der Waals surface area (Å²) < 4.78 is 0. The van der Waals surface area contributed by atoms with Crippen LogP contribution in [0.15, 0.2) is 108 Å². The second-order valence-corrected chi connectivity index (χ2v) is 6.44. The molecule has 2 aliphatic rings.